The van der Waals surface area contributed by atoms with Gasteiger partial charge in [-0.25, -0.2) is 4.98 Å². The van der Waals surface area contributed by atoms with Crippen LogP contribution >= 0.6 is 23.1 Å². The second-order valence-corrected chi connectivity index (χ2v) is 7.55. The van der Waals surface area contributed by atoms with Crippen LogP contribution in [0.25, 0.3) is 10.6 Å². The number of hydrogen-bond acceptors (Lipinski definition) is 4. The Labute approximate surface area is 156 Å². The maximum Gasteiger partial charge on any atom is 0.230 e. The maximum absolute atomic E-state index is 12.1. The smallest absolute Gasteiger partial charge is 0.230 e. The molecule has 0 fully saturated rings. The fraction of sp³-hybridized carbons (Fsp3) is 0.200. The van der Waals surface area contributed by atoms with Crippen molar-refractivity contribution in [3.8, 4) is 10.6 Å². The van der Waals surface area contributed by atoms with Crippen molar-refractivity contribution in [2.45, 2.75) is 18.7 Å². The Kier molecular flexibility index (Phi) is 6.25. The van der Waals surface area contributed by atoms with Gasteiger partial charge in [0, 0.05) is 16.7 Å². The highest BCUT2D eigenvalue weighted by Gasteiger charge is 2.10. The van der Waals surface area contributed by atoms with Crippen LogP contribution < -0.4 is 5.32 Å². The highest BCUT2D eigenvalue weighted by atomic mass is 32.2. The van der Waals surface area contributed by atoms with E-state index in [1.165, 1.54) is 0 Å². The molecule has 3 aromatic rings. The minimum atomic E-state index is 0.0262. The number of carbonyl (C=O) groups excluding carboxylic acids is 1. The van der Waals surface area contributed by atoms with E-state index in [9.17, 15) is 4.79 Å². The second-order valence-electron chi connectivity index (χ2n) is 5.70. The van der Waals surface area contributed by atoms with E-state index in [2.05, 4.69) is 27.8 Å². The molecule has 1 atom stereocenters. The first kappa shape index (κ1) is 17.7. The minimum absolute atomic E-state index is 0.0262. The Morgan fingerprint density at radius 1 is 1.12 bits per heavy atom. The molecule has 3 nitrogen and oxygen atoms in total. The van der Waals surface area contributed by atoms with Gasteiger partial charge >= 0.3 is 0 Å². The number of thiazole rings is 1. The van der Waals surface area contributed by atoms with Gasteiger partial charge in [-0.2, -0.15) is 0 Å². The van der Waals surface area contributed by atoms with Gasteiger partial charge in [-0.1, -0.05) is 60.7 Å². The number of rotatable bonds is 7. The number of hydrogen-bond donors (Lipinski definition) is 1. The van der Waals surface area contributed by atoms with Gasteiger partial charge in [-0.3, -0.25) is 4.79 Å². The van der Waals surface area contributed by atoms with Crippen LogP contribution in [0, 0.1) is 0 Å². The molecule has 2 aromatic carbocycles. The Morgan fingerprint density at radius 3 is 2.52 bits per heavy atom. The molecule has 1 unspecified atom stereocenters. The van der Waals surface area contributed by atoms with Crippen molar-refractivity contribution < 1.29 is 4.79 Å². The molecule has 25 heavy (non-hydrogen) atoms. The zero-order chi connectivity index (χ0) is 17.5. The lowest BCUT2D eigenvalue weighted by Gasteiger charge is -2.13. The molecule has 0 saturated carbocycles. The van der Waals surface area contributed by atoms with E-state index >= 15 is 0 Å². The number of thioether (sulfide) groups is 1. The Bertz CT molecular complexity index is 803. The van der Waals surface area contributed by atoms with E-state index in [4.69, 9.17) is 0 Å². The van der Waals surface area contributed by atoms with E-state index in [0.29, 0.717) is 5.75 Å². The topological polar surface area (TPSA) is 42.0 Å². The predicted octanol–water partition coefficient (Wildman–Crippen LogP) is 4.92. The minimum Gasteiger partial charge on any atom is -0.349 e. The summed E-state index contributed by atoms with van der Waals surface area (Å²) in [7, 11) is 0. The zero-order valence-electron chi connectivity index (χ0n) is 14.0. The summed E-state index contributed by atoms with van der Waals surface area (Å²) in [5, 5.41) is 6.13. The summed E-state index contributed by atoms with van der Waals surface area (Å²) in [6, 6.07) is 20.2. The van der Waals surface area contributed by atoms with Gasteiger partial charge in [0.1, 0.15) is 5.01 Å². The highest BCUT2D eigenvalue weighted by Crippen LogP contribution is 2.25. The van der Waals surface area contributed by atoms with Crippen molar-refractivity contribution in [1.29, 1.82) is 0 Å². The summed E-state index contributed by atoms with van der Waals surface area (Å²) < 4.78 is 0. The molecular formula is C20H20N2OS2. The number of nitrogens with zero attached hydrogens (tertiary/aromatic N) is 1. The van der Waals surface area contributed by atoms with Crippen LogP contribution in [0.1, 0.15) is 24.2 Å². The molecule has 1 aromatic heterocycles. The molecule has 0 saturated heterocycles. The normalized spacial score (nSPS) is 11.9. The fourth-order valence-corrected chi connectivity index (χ4v) is 4.10. The lowest BCUT2D eigenvalue weighted by molar-refractivity contribution is -0.119. The fourth-order valence-electron chi connectivity index (χ4n) is 2.44. The van der Waals surface area contributed by atoms with Crippen LogP contribution in [0.4, 0.5) is 0 Å². The Hall–Kier alpha value is -2.11. The largest absolute Gasteiger partial charge is 0.349 e. The SMILES string of the molecule is CC(NC(=O)CSCc1csc(-c2ccccc2)n1)c1ccccc1. The standard InChI is InChI=1S/C20H20N2OS2/c1-15(16-8-4-2-5-9-16)21-19(23)14-24-12-18-13-25-20(22-18)17-10-6-3-7-11-17/h2-11,13,15H,12,14H2,1H3,(H,21,23). The number of benzene rings is 2. The molecule has 0 spiro atoms. The second kappa shape index (κ2) is 8.83. The molecule has 128 valence electrons. The van der Waals surface area contributed by atoms with E-state index in [1.54, 1.807) is 23.1 Å². The summed E-state index contributed by atoms with van der Waals surface area (Å²) in [6.45, 7) is 2.00. The van der Waals surface area contributed by atoms with Crippen molar-refractivity contribution in [1.82, 2.24) is 10.3 Å². The van der Waals surface area contributed by atoms with Crippen LogP contribution in [0.3, 0.4) is 0 Å². The van der Waals surface area contributed by atoms with Gasteiger partial charge in [0.25, 0.3) is 0 Å². The van der Waals surface area contributed by atoms with Crippen molar-refractivity contribution in [3.05, 3.63) is 77.3 Å². The molecule has 0 aliphatic carbocycles. The van der Waals surface area contributed by atoms with E-state index in [-0.39, 0.29) is 11.9 Å². The molecule has 0 bridgehead atoms. The lowest BCUT2D eigenvalue weighted by Crippen LogP contribution is -2.28. The van der Waals surface area contributed by atoms with Crippen molar-refractivity contribution in [3.63, 3.8) is 0 Å². The lowest BCUT2D eigenvalue weighted by atomic mass is 10.1. The van der Waals surface area contributed by atoms with Gasteiger partial charge < -0.3 is 5.32 Å². The first-order valence-electron chi connectivity index (χ1n) is 8.14. The number of amides is 1. The summed E-state index contributed by atoms with van der Waals surface area (Å²) >= 11 is 3.24. The van der Waals surface area contributed by atoms with Gasteiger partial charge in [-0.15, -0.1) is 23.1 Å². The van der Waals surface area contributed by atoms with Crippen LogP contribution in [-0.4, -0.2) is 16.6 Å². The number of carbonyl (C=O) groups is 1. The van der Waals surface area contributed by atoms with E-state index < -0.39 is 0 Å². The van der Waals surface area contributed by atoms with Gasteiger partial charge in [0.05, 0.1) is 17.5 Å². The monoisotopic (exact) mass is 368 g/mol. The first-order valence-corrected chi connectivity index (χ1v) is 10.2. The molecule has 3 rings (SSSR count). The molecule has 5 heteroatoms. The molecule has 0 aliphatic heterocycles. The van der Waals surface area contributed by atoms with Crippen LogP contribution in [-0.2, 0) is 10.5 Å². The molecule has 1 amide bonds. The van der Waals surface area contributed by atoms with Gasteiger partial charge in [0.2, 0.25) is 5.91 Å². The molecule has 1 N–H and O–H groups in total. The highest BCUT2D eigenvalue weighted by molar-refractivity contribution is 7.99. The third-order valence-corrected chi connectivity index (χ3v) is 5.64. The molecule has 0 aliphatic rings. The van der Waals surface area contributed by atoms with Crippen LogP contribution in [0.2, 0.25) is 0 Å². The van der Waals surface area contributed by atoms with Crippen LogP contribution in [0.15, 0.2) is 66.0 Å². The van der Waals surface area contributed by atoms with Crippen molar-refractivity contribution >= 4 is 29.0 Å². The average molecular weight is 369 g/mol. The summed E-state index contributed by atoms with van der Waals surface area (Å²) in [6.07, 6.45) is 0. The van der Waals surface area contributed by atoms with E-state index in [0.717, 1.165) is 27.6 Å². The molecular weight excluding hydrogens is 348 g/mol. The van der Waals surface area contributed by atoms with Crippen molar-refractivity contribution in [2.24, 2.45) is 0 Å². The van der Waals surface area contributed by atoms with E-state index in [1.807, 2.05) is 55.5 Å². The average Bonchev–Trinajstić information content (AvgIpc) is 3.12. The zero-order valence-corrected chi connectivity index (χ0v) is 15.6. The predicted molar refractivity (Wildman–Crippen MR) is 107 cm³/mol. The van der Waals surface area contributed by atoms with Gasteiger partial charge in [0.15, 0.2) is 0 Å². The first-order chi connectivity index (χ1) is 12.2. The Balaban J connectivity index is 1.45. The summed E-state index contributed by atoms with van der Waals surface area (Å²) in [5.74, 6) is 1.24. The molecule has 0 radical (unpaired) electrons. The number of aromatic nitrogens is 1. The maximum atomic E-state index is 12.1. The molecule has 1 heterocycles. The Morgan fingerprint density at radius 2 is 1.80 bits per heavy atom. The van der Waals surface area contributed by atoms with Gasteiger partial charge in [-0.05, 0) is 12.5 Å². The summed E-state index contributed by atoms with van der Waals surface area (Å²) in [5.41, 5.74) is 3.28. The summed E-state index contributed by atoms with van der Waals surface area (Å²) in [4.78, 5) is 16.7. The third kappa shape index (κ3) is 5.18. The number of nitrogens with one attached hydrogen (secondary N) is 1. The quantitative estimate of drug-likeness (QED) is 0.643. The van der Waals surface area contributed by atoms with Crippen LogP contribution in [0.5, 0.6) is 0 Å². The third-order valence-electron chi connectivity index (χ3n) is 3.73. The van der Waals surface area contributed by atoms with Crippen molar-refractivity contribution in [2.75, 3.05) is 5.75 Å².